The second-order valence-corrected chi connectivity index (χ2v) is 3.26. The summed E-state index contributed by atoms with van der Waals surface area (Å²) in [5, 5.41) is 3.86. The third-order valence-electron chi connectivity index (χ3n) is 1.52. The summed E-state index contributed by atoms with van der Waals surface area (Å²) in [6.07, 6.45) is 1.12. The normalized spacial score (nSPS) is 10.3. The van der Waals surface area contributed by atoms with Crippen molar-refractivity contribution in [2.75, 3.05) is 10.6 Å². The molecule has 0 aliphatic carbocycles. The molecule has 0 radical (unpaired) electrons. The Morgan fingerprint density at radius 3 is 2.80 bits per heavy atom. The van der Waals surface area contributed by atoms with Gasteiger partial charge in [-0.3, -0.25) is 0 Å². The van der Waals surface area contributed by atoms with Crippen molar-refractivity contribution in [3.63, 3.8) is 0 Å². The number of nitrogens with zero attached hydrogens (tertiary/aromatic N) is 2. The fourth-order valence-electron chi connectivity index (χ4n) is 0.895. The number of ether oxygens (including phenoxy) is 1. The standard InChI is InChI=1S/C10H11BrN2O2/c1-2-15-10(14)8-12-13(11)9-6-4-3-5-7-9/h3-8H,2H2,1H3. The molecule has 1 rings (SSSR count). The van der Waals surface area contributed by atoms with E-state index in [4.69, 9.17) is 4.74 Å². The van der Waals surface area contributed by atoms with Crippen LogP contribution in [0.15, 0.2) is 35.4 Å². The van der Waals surface area contributed by atoms with Gasteiger partial charge in [0.15, 0.2) is 0 Å². The molecule has 4 nitrogen and oxygen atoms in total. The predicted octanol–water partition coefficient (Wildman–Crippen LogP) is 2.35. The van der Waals surface area contributed by atoms with Gasteiger partial charge in [0, 0.05) is 0 Å². The summed E-state index contributed by atoms with van der Waals surface area (Å²) in [5.41, 5.74) is 0.832. The van der Waals surface area contributed by atoms with Crippen molar-refractivity contribution in [1.29, 1.82) is 0 Å². The first-order valence-corrected chi connectivity index (χ1v) is 5.16. The Labute approximate surface area is 96.9 Å². The molecule has 0 aliphatic heterocycles. The van der Waals surface area contributed by atoms with Crippen LogP contribution in [-0.4, -0.2) is 18.8 Å². The molecule has 0 spiro atoms. The van der Waals surface area contributed by atoms with E-state index in [1.165, 1.54) is 4.03 Å². The van der Waals surface area contributed by atoms with E-state index < -0.39 is 5.97 Å². The average Bonchev–Trinajstić information content (AvgIpc) is 2.27. The van der Waals surface area contributed by atoms with Gasteiger partial charge in [0.1, 0.15) is 6.21 Å². The topological polar surface area (TPSA) is 41.9 Å². The molecule has 0 unspecified atom stereocenters. The van der Waals surface area contributed by atoms with Crippen LogP contribution in [0.3, 0.4) is 0 Å². The lowest BCUT2D eigenvalue weighted by Gasteiger charge is -2.08. The molecular weight excluding hydrogens is 260 g/mol. The van der Waals surface area contributed by atoms with E-state index in [1.54, 1.807) is 6.92 Å². The number of benzene rings is 1. The van der Waals surface area contributed by atoms with Gasteiger partial charge in [0.25, 0.3) is 0 Å². The molecule has 0 bridgehead atoms. The second kappa shape index (κ2) is 6.19. The summed E-state index contributed by atoms with van der Waals surface area (Å²) in [5.74, 6) is -0.460. The number of rotatable bonds is 4. The Balaban J connectivity index is 2.56. The van der Waals surface area contributed by atoms with Crippen molar-refractivity contribution in [3.8, 4) is 0 Å². The Kier molecular flexibility index (Phi) is 4.83. The molecule has 1 aromatic rings. The van der Waals surface area contributed by atoms with Crippen molar-refractivity contribution >= 4 is 34.0 Å². The van der Waals surface area contributed by atoms with Crippen LogP contribution in [0.4, 0.5) is 5.69 Å². The zero-order chi connectivity index (χ0) is 11.1. The van der Waals surface area contributed by atoms with Crippen LogP contribution in [0.25, 0.3) is 0 Å². The smallest absolute Gasteiger partial charge is 0.351 e. The number of carbonyl (C=O) groups is 1. The molecule has 0 aliphatic rings. The van der Waals surface area contributed by atoms with Crippen LogP contribution in [-0.2, 0) is 9.53 Å². The van der Waals surface area contributed by atoms with Gasteiger partial charge in [-0.1, -0.05) is 18.2 Å². The first-order chi connectivity index (χ1) is 7.24. The third kappa shape index (κ3) is 4.12. The minimum atomic E-state index is -0.460. The molecule has 0 saturated heterocycles. The van der Waals surface area contributed by atoms with Crippen LogP contribution in [0.5, 0.6) is 0 Å². The highest BCUT2D eigenvalue weighted by Crippen LogP contribution is 2.16. The minimum Gasteiger partial charge on any atom is -0.462 e. The highest BCUT2D eigenvalue weighted by Gasteiger charge is 2.00. The Bertz CT molecular complexity index is 341. The Morgan fingerprint density at radius 2 is 2.20 bits per heavy atom. The summed E-state index contributed by atoms with van der Waals surface area (Å²) < 4.78 is 6.11. The van der Waals surface area contributed by atoms with Gasteiger partial charge in [0.2, 0.25) is 0 Å². The third-order valence-corrected chi connectivity index (χ3v) is 2.11. The van der Waals surface area contributed by atoms with E-state index >= 15 is 0 Å². The summed E-state index contributed by atoms with van der Waals surface area (Å²) >= 11 is 3.19. The first kappa shape index (κ1) is 11.7. The largest absolute Gasteiger partial charge is 0.462 e. The summed E-state index contributed by atoms with van der Waals surface area (Å²) in [7, 11) is 0. The maximum Gasteiger partial charge on any atom is 0.351 e. The van der Waals surface area contributed by atoms with Crippen molar-refractivity contribution in [2.24, 2.45) is 5.10 Å². The molecule has 0 atom stereocenters. The van der Waals surface area contributed by atoms with Crippen LogP contribution >= 0.6 is 16.1 Å². The highest BCUT2D eigenvalue weighted by molar-refractivity contribution is 9.10. The lowest BCUT2D eigenvalue weighted by molar-refractivity contribution is -0.134. The van der Waals surface area contributed by atoms with Crippen LogP contribution in [0.1, 0.15) is 6.92 Å². The number of para-hydroxylation sites is 1. The van der Waals surface area contributed by atoms with Crippen molar-refractivity contribution in [2.45, 2.75) is 6.92 Å². The number of anilines is 1. The van der Waals surface area contributed by atoms with E-state index in [9.17, 15) is 4.79 Å². The highest BCUT2D eigenvalue weighted by atomic mass is 79.9. The SMILES string of the molecule is CCOC(=O)C=NN(Br)c1ccccc1. The quantitative estimate of drug-likeness (QED) is 0.365. The minimum absolute atomic E-state index is 0.346. The lowest BCUT2D eigenvalue weighted by Crippen LogP contribution is -2.08. The predicted molar refractivity (Wildman–Crippen MR) is 63.0 cm³/mol. The molecule has 0 N–H and O–H groups in total. The van der Waals surface area contributed by atoms with E-state index in [0.717, 1.165) is 11.9 Å². The lowest BCUT2D eigenvalue weighted by atomic mass is 10.3. The molecule has 0 heterocycles. The molecule has 1 aromatic carbocycles. The van der Waals surface area contributed by atoms with Crippen molar-refractivity contribution in [3.05, 3.63) is 30.3 Å². The zero-order valence-corrected chi connectivity index (χ0v) is 9.85. The summed E-state index contributed by atoms with van der Waals surface area (Å²) in [6, 6.07) is 9.38. The molecule has 0 aromatic heterocycles. The average molecular weight is 271 g/mol. The molecule has 15 heavy (non-hydrogen) atoms. The van der Waals surface area contributed by atoms with E-state index in [1.807, 2.05) is 30.3 Å². The Hall–Kier alpha value is -1.36. The summed E-state index contributed by atoms with van der Waals surface area (Å²) in [6.45, 7) is 2.09. The van der Waals surface area contributed by atoms with E-state index in [0.29, 0.717) is 6.61 Å². The first-order valence-electron chi connectivity index (χ1n) is 4.45. The Morgan fingerprint density at radius 1 is 1.53 bits per heavy atom. The van der Waals surface area contributed by atoms with Crippen molar-refractivity contribution in [1.82, 2.24) is 0 Å². The van der Waals surface area contributed by atoms with Gasteiger partial charge in [0.05, 0.1) is 28.4 Å². The van der Waals surface area contributed by atoms with Gasteiger partial charge < -0.3 is 4.74 Å². The van der Waals surface area contributed by atoms with Gasteiger partial charge in [-0.05, 0) is 19.1 Å². The number of esters is 1. The summed E-state index contributed by atoms with van der Waals surface area (Å²) in [4.78, 5) is 11.0. The van der Waals surface area contributed by atoms with E-state index in [-0.39, 0.29) is 0 Å². The monoisotopic (exact) mass is 270 g/mol. The number of hydrogen-bond acceptors (Lipinski definition) is 4. The number of hydrogen-bond donors (Lipinski definition) is 0. The molecule has 5 heteroatoms. The van der Waals surface area contributed by atoms with E-state index in [2.05, 4.69) is 21.2 Å². The van der Waals surface area contributed by atoms with Crippen LogP contribution in [0, 0.1) is 0 Å². The van der Waals surface area contributed by atoms with Gasteiger partial charge in [-0.15, -0.1) is 0 Å². The number of hydrazone groups is 1. The van der Waals surface area contributed by atoms with Gasteiger partial charge in [-0.2, -0.15) is 9.14 Å². The van der Waals surface area contributed by atoms with Crippen LogP contribution < -0.4 is 4.03 Å². The fraction of sp³-hybridized carbons (Fsp3) is 0.200. The molecular formula is C10H11BrN2O2. The van der Waals surface area contributed by atoms with Crippen molar-refractivity contribution < 1.29 is 9.53 Å². The maximum absolute atomic E-state index is 11.0. The number of halogens is 1. The molecule has 0 saturated carbocycles. The van der Waals surface area contributed by atoms with Gasteiger partial charge >= 0.3 is 5.97 Å². The molecule has 0 amide bonds. The van der Waals surface area contributed by atoms with Crippen LogP contribution in [0.2, 0.25) is 0 Å². The maximum atomic E-state index is 11.0. The molecule has 80 valence electrons. The second-order valence-electron chi connectivity index (χ2n) is 2.59. The zero-order valence-electron chi connectivity index (χ0n) is 8.26. The number of carbonyl (C=O) groups excluding carboxylic acids is 1. The van der Waals surface area contributed by atoms with Gasteiger partial charge in [-0.25, -0.2) is 4.79 Å². The fourth-order valence-corrected chi connectivity index (χ4v) is 1.22. The molecule has 0 fully saturated rings.